The molecule has 0 radical (unpaired) electrons. The van der Waals surface area contributed by atoms with Gasteiger partial charge in [-0.15, -0.1) is 0 Å². The van der Waals surface area contributed by atoms with Gasteiger partial charge in [0.25, 0.3) is 5.91 Å². The second-order valence-corrected chi connectivity index (χ2v) is 15.9. The zero-order valence-corrected chi connectivity index (χ0v) is 31.8. The number of hydrogen-bond acceptors (Lipinski definition) is 7. The third kappa shape index (κ3) is 9.33. The number of pyridine rings is 1. The number of amides is 3. The van der Waals surface area contributed by atoms with Crippen molar-refractivity contribution in [2.24, 2.45) is 5.41 Å². The maximum Gasteiger partial charge on any atom is 0.410 e. The summed E-state index contributed by atoms with van der Waals surface area (Å²) in [5.74, 6) is -0.623. The molecule has 290 valence electrons. The lowest BCUT2D eigenvalue weighted by Crippen LogP contribution is -2.48. The fourth-order valence-corrected chi connectivity index (χ4v) is 7.09. The van der Waals surface area contributed by atoms with Crippen molar-refractivity contribution in [3.05, 3.63) is 96.3 Å². The van der Waals surface area contributed by atoms with E-state index in [1.165, 1.54) is 29.3 Å². The first-order valence-electron chi connectivity index (χ1n) is 18.2. The molecule has 6 rings (SSSR count). The highest BCUT2D eigenvalue weighted by Gasteiger charge is 2.45. The van der Waals surface area contributed by atoms with Crippen LogP contribution in [-0.2, 0) is 4.74 Å². The lowest BCUT2D eigenvalue weighted by atomic mass is 9.83. The SMILES string of the molecule is CC(C)(C)OC(=O)N1CC[C@H](Oc2ccc(C(=O)Nc3ccc(OC4CCN(C(=O)O)[C@H]4C(C)(C)C)c(-c4ccc(F)cc4)c3)cc2-c2ccc(F)nc2)C1. The quantitative estimate of drug-likeness (QED) is 0.171. The van der Waals surface area contributed by atoms with Gasteiger partial charge in [-0.2, -0.15) is 4.39 Å². The Balaban J connectivity index is 1.26. The number of carboxylic acid groups (broad SMARTS) is 1. The van der Waals surface area contributed by atoms with Gasteiger partial charge in [-0.05, 0) is 92.4 Å². The minimum atomic E-state index is -1.01. The van der Waals surface area contributed by atoms with Gasteiger partial charge >= 0.3 is 12.2 Å². The van der Waals surface area contributed by atoms with Crippen molar-refractivity contribution in [1.82, 2.24) is 14.8 Å². The second kappa shape index (κ2) is 15.6. The highest BCUT2D eigenvalue weighted by Crippen LogP contribution is 2.40. The molecule has 3 aromatic carbocycles. The first kappa shape index (κ1) is 39.0. The molecule has 0 aliphatic carbocycles. The first-order chi connectivity index (χ1) is 25.9. The summed E-state index contributed by atoms with van der Waals surface area (Å²) in [6.07, 6.45) is 0.190. The number of halogens is 2. The molecule has 2 saturated heterocycles. The largest absolute Gasteiger partial charge is 0.488 e. The maximum absolute atomic E-state index is 14.0. The average Bonchev–Trinajstić information content (AvgIpc) is 3.77. The van der Waals surface area contributed by atoms with Gasteiger partial charge in [-0.25, -0.2) is 19.0 Å². The molecule has 55 heavy (non-hydrogen) atoms. The van der Waals surface area contributed by atoms with E-state index in [1.54, 1.807) is 80.3 Å². The van der Waals surface area contributed by atoms with Crippen molar-refractivity contribution in [2.45, 2.75) is 78.2 Å². The van der Waals surface area contributed by atoms with Gasteiger partial charge in [0.05, 0.1) is 12.6 Å². The molecule has 2 aliphatic rings. The fraction of sp³-hybridized carbons (Fsp3) is 0.381. The topological polar surface area (TPSA) is 131 Å². The summed E-state index contributed by atoms with van der Waals surface area (Å²) in [4.78, 5) is 45.4. The van der Waals surface area contributed by atoms with Crippen LogP contribution in [0.15, 0.2) is 79.0 Å². The molecular weight excluding hydrogens is 710 g/mol. The number of nitrogens with one attached hydrogen (secondary N) is 1. The molecule has 11 nitrogen and oxygen atoms in total. The summed E-state index contributed by atoms with van der Waals surface area (Å²) in [5.41, 5.74) is 1.92. The van der Waals surface area contributed by atoms with Crippen molar-refractivity contribution in [3.63, 3.8) is 0 Å². The zero-order valence-electron chi connectivity index (χ0n) is 31.8. The molecule has 1 unspecified atom stereocenters. The van der Waals surface area contributed by atoms with E-state index in [1.807, 2.05) is 20.8 Å². The van der Waals surface area contributed by atoms with Gasteiger partial charge in [0.2, 0.25) is 5.95 Å². The molecule has 2 fully saturated rings. The highest BCUT2D eigenvalue weighted by atomic mass is 19.1. The van der Waals surface area contributed by atoms with Crippen molar-refractivity contribution in [2.75, 3.05) is 25.0 Å². The molecule has 3 heterocycles. The normalized spacial score (nSPS) is 18.6. The molecule has 2 aliphatic heterocycles. The number of nitrogens with zero attached hydrogens (tertiary/aromatic N) is 3. The number of benzene rings is 3. The molecule has 0 saturated carbocycles. The minimum absolute atomic E-state index is 0.282. The Hall–Kier alpha value is -5.72. The molecule has 13 heteroatoms. The summed E-state index contributed by atoms with van der Waals surface area (Å²) in [6.45, 7) is 12.4. The number of aromatic nitrogens is 1. The summed E-state index contributed by atoms with van der Waals surface area (Å²) in [7, 11) is 0. The van der Waals surface area contributed by atoms with E-state index < -0.39 is 53.0 Å². The smallest absolute Gasteiger partial charge is 0.410 e. The number of ether oxygens (including phenoxy) is 3. The van der Waals surface area contributed by atoms with E-state index in [4.69, 9.17) is 14.2 Å². The fourth-order valence-electron chi connectivity index (χ4n) is 7.09. The maximum atomic E-state index is 14.0. The molecule has 3 atom stereocenters. The van der Waals surface area contributed by atoms with Crippen LogP contribution < -0.4 is 14.8 Å². The monoisotopic (exact) mass is 756 g/mol. The molecule has 2 N–H and O–H groups in total. The van der Waals surface area contributed by atoms with Gasteiger partial charge in [0.1, 0.15) is 35.1 Å². The van der Waals surface area contributed by atoms with E-state index in [0.29, 0.717) is 71.9 Å². The number of anilines is 1. The van der Waals surface area contributed by atoms with Crippen LogP contribution >= 0.6 is 0 Å². The van der Waals surface area contributed by atoms with Crippen molar-refractivity contribution in [3.8, 4) is 33.8 Å². The Bertz CT molecular complexity index is 2050. The highest BCUT2D eigenvalue weighted by molar-refractivity contribution is 6.05. The van der Waals surface area contributed by atoms with Crippen molar-refractivity contribution >= 4 is 23.8 Å². The van der Waals surface area contributed by atoms with Gasteiger partial charge in [-0.1, -0.05) is 32.9 Å². The molecule has 0 bridgehead atoms. The number of likely N-dealkylation sites (tertiary alicyclic amines) is 2. The Morgan fingerprint density at radius 3 is 2.15 bits per heavy atom. The predicted molar refractivity (Wildman–Crippen MR) is 203 cm³/mol. The zero-order chi connectivity index (χ0) is 39.7. The van der Waals surface area contributed by atoms with Gasteiger partial charge in [-0.3, -0.25) is 4.79 Å². The third-order valence-electron chi connectivity index (χ3n) is 9.52. The van der Waals surface area contributed by atoms with Crippen molar-refractivity contribution < 1.29 is 42.5 Å². The van der Waals surface area contributed by atoms with Crippen molar-refractivity contribution in [1.29, 1.82) is 0 Å². The van der Waals surface area contributed by atoms with Gasteiger partial charge in [0, 0.05) is 60.1 Å². The van der Waals surface area contributed by atoms with Crippen LogP contribution in [0.2, 0.25) is 0 Å². The van der Waals surface area contributed by atoms with E-state index >= 15 is 0 Å². The third-order valence-corrected chi connectivity index (χ3v) is 9.52. The molecular formula is C42H46F2N4O7. The molecule has 3 amide bonds. The minimum Gasteiger partial charge on any atom is -0.488 e. The number of hydrogen-bond donors (Lipinski definition) is 2. The first-order valence-corrected chi connectivity index (χ1v) is 18.2. The van der Waals surface area contributed by atoms with E-state index in [9.17, 15) is 28.3 Å². The van der Waals surface area contributed by atoms with Crippen LogP contribution in [0.1, 0.15) is 64.7 Å². The van der Waals surface area contributed by atoms with Crippen LogP contribution in [0.5, 0.6) is 11.5 Å². The summed E-state index contributed by atoms with van der Waals surface area (Å²) < 4.78 is 46.3. The number of carbonyl (C=O) groups is 3. The van der Waals surface area contributed by atoms with E-state index in [0.717, 1.165) is 0 Å². The van der Waals surface area contributed by atoms with Crippen LogP contribution in [0, 0.1) is 17.2 Å². The lowest BCUT2D eigenvalue weighted by Gasteiger charge is -2.37. The second-order valence-electron chi connectivity index (χ2n) is 15.9. The standard InChI is InChI=1S/C42H46F2N4O7/c1-41(2,3)37-35(18-20-48(37)39(50)51)54-34-15-13-29(22-32(34)25-7-11-28(43)12-8-25)46-38(49)26-9-14-33(31(21-26)27-10-16-36(44)45-23-27)53-30-17-19-47(24-30)40(52)55-42(4,5)6/h7-16,21-23,30,35,37H,17-20,24H2,1-6H3,(H,46,49)(H,50,51)/t30-,35?,37+/m0/s1. The predicted octanol–water partition coefficient (Wildman–Crippen LogP) is 8.88. The van der Waals surface area contributed by atoms with E-state index in [2.05, 4.69) is 10.3 Å². The lowest BCUT2D eigenvalue weighted by molar-refractivity contribution is 0.0275. The Kier molecular flexibility index (Phi) is 11.0. The Morgan fingerprint density at radius 1 is 0.818 bits per heavy atom. The Morgan fingerprint density at radius 2 is 1.49 bits per heavy atom. The molecule has 4 aromatic rings. The van der Waals surface area contributed by atoms with E-state index in [-0.39, 0.29) is 11.7 Å². The van der Waals surface area contributed by atoms with Crippen LogP contribution in [0.4, 0.5) is 24.1 Å². The van der Waals surface area contributed by atoms with Gasteiger partial charge < -0.3 is 34.4 Å². The van der Waals surface area contributed by atoms with Gasteiger partial charge in [0.15, 0.2) is 0 Å². The number of carbonyl (C=O) groups excluding carboxylic acids is 2. The number of rotatable bonds is 8. The van der Waals surface area contributed by atoms with Crippen LogP contribution in [0.25, 0.3) is 22.3 Å². The summed E-state index contributed by atoms with van der Waals surface area (Å²) in [5, 5.41) is 12.8. The Labute approximate surface area is 319 Å². The van der Waals surface area contributed by atoms with Crippen LogP contribution in [-0.4, -0.2) is 81.5 Å². The summed E-state index contributed by atoms with van der Waals surface area (Å²) in [6, 6.07) is 18.3. The molecule has 1 aromatic heterocycles. The van der Waals surface area contributed by atoms with Crippen LogP contribution in [0.3, 0.4) is 0 Å². The average molecular weight is 757 g/mol. The molecule has 0 spiro atoms. The summed E-state index contributed by atoms with van der Waals surface area (Å²) >= 11 is 0.